The van der Waals surface area contributed by atoms with Crippen molar-refractivity contribution in [3.05, 3.63) is 57.4 Å². The van der Waals surface area contributed by atoms with E-state index in [9.17, 15) is 4.39 Å². The van der Waals surface area contributed by atoms with Crippen LogP contribution in [0, 0.1) is 9.39 Å². The highest BCUT2D eigenvalue weighted by molar-refractivity contribution is 14.1. The van der Waals surface area contributed by atoms with Crippen LogP contribution in [-0.4, -0.2) is 0 Å². The predicted molar refractivity (Wildman–Crippen MR) is 78.2 cm³/mol. The van der Waals surface area contributed by atoms with Gasteiger partial charge in [0.15, 0.2) is 11.6 Å². The predicted octanol–water partition coefficient (Wildman–Crippen LogP) is 4.24. The van der Waals surface area contributed by atoms with Gasteiger partial charge in [-0.05, 0) is 59.8 Å². The zero-order valence-corrected chi connectivity index (χ0v) is 12.0. The Morgan fingerprint density at radius 2 is 1.83 bits per heavy atom. The van der Waals surface area contributed by atoms with Gasteiger partial charge in [-0.1, -0.05) is 12.1 Å². The second-order valence-corrected chi connectivity index (χ2v) is 5.25. The number of benzene rings is 2. The van der Waals surface area contributed by atoms with Crippen LogP contribution in [0.5, 0.6) is 11.5 Å². The Bertz CT molecular complexity index is 540. The summed E-state index contributed by atoms with van der Waals surface area (Å²) in [7, 11) is 0. The van der Waals surface area contributed by atoms with E-state index < -0.39 is 5.82 Å². The van der Waals surface area contributed by atoms with Gasteiger partial charge in [0.05, 0.1) is 0 Å². The molecule has 0 fully saturated rings. The summed E-state index contributed by atoms with van der Waals surface area (Å²) < 4.78 is 20.5. The molecule has 2 nitrogen and oxygen atoms in total. The fraction of sp³-hybridized carbons (Fsp3) is 0.143. The number of rotatable bonds is 3. The van der Waals surface area contributed by atoms with Crippen LogP contribution >= 0.6 is 22.6 Å². The molecule has 1 atom stereocenters. The van der Waals surface area contributed by atoms with Crippen molar-refractivity contribution >= 4 is 22.6 Å². The monoisotopic (exact) mass is 357 g/mol. The highest BCUT2D eigenvalue weighted by Crippen LogP contribution is 2.31. The molecule has 18 heavy (non-hydrogen) atoms. The summed E-state index contributed by atoms with van der Waals surface area (Å²) in [6, 6.07) is 11.9. The van der Waals surface area contributed by atoms with Crippen LogP contribution < -0.4 is 10.5 Å². The van der Waals surface area contributed by atoms with Crippen LogP contribution in [0.1, 0.15) is 18.5 Å². The van der Waals surface area contributed by atoms with E-state index in [4.69, 9.17) is 10.5 Å². The maximum absolute atomic E-state index is 13.8. The van der Waals surface area contributed by atoms with Gasteiger partial charge in [0.1, 0.15) is 5.75 Å². The molecule has 2 rings (SSSR count). The molecule has 0 aliphatic carbocycles. The van der Waals surface area contributed by atoms with Crippen LogP contribution in [-0.2, 0) is 0 Å². The van der Waals surface area contributed by atoms with Crippen LogP contribution in [0.2, 0.25) is 0 Å². The molecule has 0 aliphatic rings. The third kappa shape index (κ3) is 3.00. The number of para-hydroxylation sites is 1. The Morgan fingerprint density at radius 1 is 1.17 bits per heavy atom. The average molecular weight is 357 g/mol. The highest BCUT2D eigenvalue weighted by Gasteiger charge is 2.13. The summed E-state index contributed by atoms with van der Waals surface area (Å²) in [6.45, 7) is 1.80. The molecule has 94 valence electrons. The van der Waals surface area contributed by atoms with Crippen molar-refractivity contribution in [2.24, 2.45) is 5.73 Å². The van der Waals surface area contributed by atoms with Crippen molar-refractivity contribution in [1.82, 2.24) is 0 Å². The van der Waals surface area contributed by atoms with E-state index in [0.29, 0.717) is 11.3 Å². The van der Waals surface area contributed by atoms with E-state index in [2.05, 4.69) is 22.6 Å². The lowest BCUT2D eigenvalue weighted by Gasteiger charge is -2.14. The van der Waals surface area contributed by atoms with E-state index in [1.165, 1.54) is 6.07 Å². The minimum atomic E-state index is -0.400. The summed E-state index contributed by atoms with van der Waals surface area (Å²) >= 11 is 2.20. The van der Waals surface area contributed by atoms with Gasteiger partial charge >= 0.3 is 0 Å². The molecule has 0 saturated carbocycles. The van der Waals surface area contributed by atoms with Crippen LogP contribution in [0.3, 0.4) is 0 Å². The Morgan fingerprint density at radius 3 is 2.44 bits per heavy atom. The number of nitrogens with two attached hydrogens (primary N) is 1. The number of hydrogen-bond acceptors (Lipinski definition) is 2. The number of ether oxygens (including phenoxy) is 1. The van der Waals surface area contributed by atoms with Gasteiger partial charge in [0.2, 0.25) is 0 Å². The maximum Gasteiger partial charge on any atom is 0.167 e. The van der Waals surface area contributed by atoms with Gasteiger partial charge in [-0.25, -0.2) is 4.39 Å². The van der Waals surface area contributed by atoms with E-state index in [1.807, 2.05) is 12.1 Å². The summed E-state index contributed by atoms with van der Waals surface area (Å²) in [4.78, 5) is 0. The zero-order chi connectivity index (χ0) is 13.1. The van der Waals surface area contributed by atoms with Crippen LogP contribution in [0.25, 0.3) is 0 Å². The molecule has 2 N–H and O–H groups in total. The largest absolute Gasteiger partial charge is 0.454 e. The lowest BCUT2D eigenvalue weighted by atomic mass is 10.1. The zero-order valence-electron chi connectivity index (χ0n) is 9.86. The SMILES string of the molecule is CC(N)c1cccc(F)c1Oc1ccc(I)cc1. The molecule has 0 saturated heterocycles. The maximum atomic E-state index is 13.8. The van der Waals surface area contributed by atoms with E-state index in [0.717, 1.165) is 3.57 Å². The van der Waals surface area contributed by atoms with Crippen molar-refractivity contribution in [1.29, 1.82) is 0 Å². The van der Waals surface area contributed by atoms with E-state index >= 15 is 0 Å². The molecule has 0 radical (unpaired) electrons. The minimum Gasteiger partial charge on any atom is -0.454 e. The molecular formula is C14H13FINO. The lowest BCUT2D eigenvalue weighted by molar-refractivity contribution is 0.432. The summed E-state index contributed by atoms with van der Waals surface area (Å²) in [5.74, 6) is 0.402. The molecule has 0 aromatic heterocycles. The quantitative estimate of drug-likeness (QED) is 0.834. The lowest BCUT2D eigenvalue weighted by Crippen LogP contribution is -2.07. The van der Waals surface area contributed by atoms with Crippen LogP contribution in [0.4, 0.5) is 4.39 Å². The normalized spacial score (nSPS) is 12.2. The summed E-state index contributed by atoms with van der Waals surface area (Å²) in [6.07, 6.45) is 0. The Kier molecular flexibility index (Phi) is 4.19. The molecule has 4 heteroatoms. The Balaban J connectivity index is 2.36. The fourth-order valence-electron chi connectivity index (χ4n) is 1.61. The first-order chi connectivity index (χ1) is 8.58. The van der Waals surface area contributed by atoms with Crippen molar-refractivity contribution in [3.63, 3.8) is 0 Å². The third-order valence-corrected chi connectivity index (χ3v) is 3.24. The highest BCUT2D eigenvalue weighted by atomic mass is 127. The topological polar surface area (TPSA) is 35.2 Å². The smallest absolute Gasteiger partial charge is 0.167 e. The number of hydrogen-bond donors (Lipinski definition) is 1. The van der Waals surface area contributed by atoms with E-state index in [-0.39, 0.29) is 11.8 Å². The molecule has 0 spiro atoms. The van der Waals surface area contributed by atoms with Gasteiger partial charge in [-0.3, -0.25) is 0 Å². The summed E-state index contributed by atoms with van der Waals surface area (Å²) in [5.41, 5.74) is 6.47. The van der Waals surface area contributed by atoms with E-state index in [1.54, 1.807) is 31.2 Å². The minimum absolute atomic E-state index is 0.203. The molecule has 0 heterocycles. The van der Waals surface area contributed by atoms with Gasteiger partial charge in [-0.2, -0.15) is 0 Å². The molecule has 2 aromatic rings. The fourth-order valence-corrected chi connectivity index (χ4v) is 1.97. The molecule has 1 unspecified atom stereocenters. The molecule has 2 aromatic carbocycles. The first kappa shape index (κ1) is 13.3. The first-order valence-corrected chi connectivity index (χ1v) is 6.63. The first-order valence-electron chi connectivity index (χ1n) is 5.55. The summed E-state index contributed by atoms with van der Waals surface area (Å²) in [5, 5.41) is 0. The number of halogens is 2. The molecular weight excluding hydrogens is 344 g/mol. The molecule has 0 bridgehead atoms. The second kappa shape index (κ2) is 5.67. The van der Waals surface area contributed by atoms with Gasteiger partial charge < -0.3 is 10.5 Å². The molecule has 0 amide bonds. The van der Waals surface area contributed by atoms with Crippen molar-refractivity contribution in [2.75, 3.05) is 0 Å². The second-order valence-electron chi connectivity index (χ2n) is 4.00. The third-order valence-electron chi connectivity index (χ3n) is 2.52. The van der Waals surface area contributed by atoms with Crippen molar-refractivity contribution in [3.8, 4) is 11.5 Å². The van der Waals surface area contributed by atoms with Gasteiger partial charge in [-0.15, -0.1) is 0 Å². The van der Waals surface area contributed by atoms with Gasteiger partial charge in [0, 0.05) is 15.2 Å². The Hall–Kier alpha value is -1.14. The molecule has 0 aliphatic heterocycles. The standard InChI is InChI=1S/C14H13FINO/c1-9(17)12-3-2-4-13(15)14(12)18-11-7-5-10(16)6-8-11/h2-9H,17H2,1H3. The average Bonchev–Trinajstić information content (AvgIpc) is 2.34. The van der Waals surface area contributed by atoms with Gasteiger partial charge in [0.25, 0.3) is 0 Å². The Labute approximate surface area is 119 Å². The van der Waals surface area contributed by atoms with Crippen LogP contribution in [0.15, 0.2) is 42.5 Å². The van der Waals surface area contributed by atoms with Crippen molar-refractivity contribution in [2.45, 2.75) is 13.0 Å². The van der Waals surface area contributed by atoms with Crippen molar-refractivity contribution < 1.29 is 9.13 Å².